The van der Waals surface area contributed by atoms with E-state index in [1.165, 1.54) is 0 Å². The molecule has 1 aliphatic rings. The first kappa shape index (κ1) is 7.82. The number of nitrogens with zero attached hydrogens (tertiary/aromatic N) is 1. The summed E-state index contributed by atoms with van der Waals surface area (Å²) in [6.07, 6.45) is 7.17. The first-order valence-electron chi connectivity index (χ1n) is 4.65. The molecule has 1 fully saturated rings. The minimum absolute atomic E-state index is 0.192. The molecule has 0 unspecified atom stereocenters. The fraction of sp³-hybridized carbons (Fsp3) is 0.300. The van der Waals surface area contributed by atoms with Crippen LogP contribution in [-0.2, 0) is 5.54 Å². The molecule has 3 N–H and O–H groups in total. The third-order valence-electron chi connectivity index (χ3n) is 2.67. The Balaban J connectivity index is 1.98. The van der Waals surface area contributed by atoms with Gasteiger partial charge in [-0.2, -0.15) is 0 Å². The standard InChI is InChI=1S/C10H11N3O/c11-10(2-3-10)9-12-5-8(13-9)7-1-4-14-6-7/h1,4-6H,2-3,11H2,(H,12,13). The predicted molar refractivity (Wildman–Crippen MR) is 51.4 cm³/mol. The Bertz CT molecular complexity index is 440. The van der Waals surface area contributed by atoms with Gasteiger partial charge in [0.25, 0.3) is 0 Å². The van der Waals surface area contributed by atoms with Crippen molar-refractivity contribution in [3.63, 3.8) is 0 Å². The van der Waals surface area contributed by atoms with Crippen LogP contribution in [0.5, 0.6) is 0 Å². The van der Waals surface area contributed by atoms with E-state index >= 15 is 0 Å². The molecule has 2 heterocycles. The van der Waals surface area contributed by atoms with E-state index < -0.39 is 0 Å². The van der Waals surface area contributed by atoms with E-state index in [1.807, 2.05) is 6.07 Å². The Morgan fingerprint density at radius 3 is 3.00 bits per heavy atom. The molecule has 72 valence electrons. The van der Waals surface area contributed by atoms with Gasteiger partial charge in [0, 0.05) is 5.56 Å². The Morgan fingerprint density at radius 1 is 1.50 bits per heavy atom. The van der Waals surface area contributed by atoms with Gasteiger partial charge in [0.1, 0.15) is 5.82 Å². The Kier molecular flexibility index (Phi) is 1.39. The number of H-pyrrole nitrogens is 1. The van der Waals surface area contributed by atoms with Gasteiger partial charge in [-0.05, 0) is 18.9 Å². The van der Waals surface area contributed by atoms with Crippen molar-refractivity contribution in [3.8, 4) is 11.3 Å². The van der Waals surface area contributed by atoms with E-state index in [0.717, 1.165) is 29.9 Å². The number of imidazole rings is 1. The van der Waals surface area contributed by atoms with Gasteiger partial charge >= 0.3 is 0 Å². The largest absolute Gasteiger partial charge is 0.472 e. The van der Waals surface area contributed by atoms with Crippen molar-refractivity contribution in [2.45, 2.75) is 18.4 Å². The van der Waals surface area contributed by atoms with E-state index in [0.29, 0.717) is 0 Å². The summed E-state index contributed by atoms with van der Waals surface area (Å²) in [7, 11) is 0. The normalized spacial score (nSPS) is 18.4. The molecule has 0 bridgehead atoms. The highest BCUT2D eigenvalue weighted by Crippen LogP contribution is 2.41. The molecular formula is C10H11N3O. The molecule has 0 atom stereocenters. The molecule has 0 radical (unpaired) electrons. The molecule has 2 aromatic rings. The van der Waals surface area contributed by atoms with Crippen LogP contribution in [0.2, 0.25) is 0 Å². The van der Waals surface area contributed by atoms with Crippen LogP contribution in [0.25, 0.3) is 11.3 Å². The van der Waals surface area contributed by atoms with Crippen LogP contribution >= 0.6 is 0 Å². The molecule has 2 aromatic heterocycles. The number of aromatic nitrogens is 2. The second kappa shape index (κ2) is 2.48. The van der Waals surface area contributed by atoms with Gasteiger partial charge in [0.05, 0.1) is 30.0 Å². The molecule has 1 saturated carbocycles. The van der Waals surface area contributed by atoms with Gasteiger partial charge in [0.2, 0.25) is 0 Å². The van der Waals surface area contributed by atoms with Crippen molar-refractivity contribution in [1.29, 1.82) is 0 Å². The number of rotatable bonds is 2. The zero-order valence-corrected chi connectivity index (χ0v) is 7.66. The Morgan fingerprint density at radius 2 is 2.36 bits per heavy atom. The van der Waals surface area contributed by atoms with Crippen LogP contribution in [0.3, 0.4) is 0 Å². The van der Waals surface area contributed by atoms with Gasteiger partial charge < -0.3 is 15.1 Å². The van der Waals surface area contributed by atoms with E-state index in [1.54, 1.807) is 18.7 Å². The zero-order valence-electron chi connectivity index (χ0n) is 7.66. The lowest BCUT2D eigenvalue weighted by Gasteiger charge is -2.02. The summed E-state index contributed by atoms with van der Waals surface area (Å²) in [5.74, 6) is 0.883. The quantitative estimate of drug-likeness (QED) is 0.754. The van der Waals surface area contributed by atoms with Crippen molar-refractivity contribution in [2.75, 3.05) is 0 Å². The number of hydrogen-bond acceptors (Lipinski definition) is 3. The smallest absolute Gasteiger partial charge is 0.126 e. The summed E-state index contributed by atoms with van der Waals surface area (Å²) in [5.41, 5.74) is 7.80. The van der Waals surface area contributed by atoms with Crippen molar-refractivity contribution >= 4 is 0 Å². The van der Waals surface area contributed by atoms with Crippen molar-refractivity contribution < 1.29 is 4.42 Å². The molecular weight excluding hydrogens is 178 g/mol. The highest BCUT2D eigenvalue weighted by atomic mass is 16.3. The molecule has 1 aliphatic carbocycles. The molecule has 0 amide bonds. The van der Waals surface area contributed by atoms with Crippen LogP contribution in [0.1, 0.15) is 18.7 Å². The van der Waals surface area contributed by atoms with Crippen LogP contribution in [0, 0.1) is 0 Å². The third-order valence-corrected chi connectivity index (χ3v) is 2.67. The molecule has 14 heavy (non-hydrogen) atoms. The van der Waals surface area contributed by atoms with Gasteiger partial charge in [-0.3, -0.25) is 0 Å². The molecule has 4 nitrogen and oxygen atoms in total. The summed E-state index contributed by atoms with van der Waals surface area (Å²) in [6, 6.07) is 1.90. The summed E-state index contributed by atoms with van der Waals surface area (Å²) in [5, 5.41) is 0. The zero-order chi connectivity index (χ0) is 9.60. The molecule has 3 rings (SSSR count). The van der Waals surface area contributed by atoms with Gasteiger partial charge in [-0.1, -0.05) is 0 Å². The van der Waals surface area contributed by atoms with E-state index in [-0.39, 0.29) is 5.54 Å². The highest BCUT2D eigenvalue weighted by molar-refractivity contribution is 5.56. The summed E-state index contributed by atoms with van der Waals surface area (Å²) in [6.45, 7) is 0. The maximum atomic E-state index is 6.02. The summed E-state index contributed by atoms with van der Waals surface area (Å²) >= 11 is 0. The number of hydrogen-bond donors (Lipinski definition) is 2. The van der Waals surface area contributed by atoms with Crippen LogP contribution in [0.4, 0.5) is 0 Å². The summed E-state index contributed by atoms with van der Waals surface area (Å²) < 4.78 is 5.00. The van der Waals surface area contributed by atoms with E-state index in [4.69, 9.17) is 10.2 Å². The van der Waals surface area contributed by atoms with Crippen molar-refractivity contribution in [1.82, 2.24) is 9.97 Å². The van der Waals surface area contributed by atoms with Crippen LogP contribution in [0.15, 0.2) is 29.2 Å². The number of furan rings is 1. The minimum Gasteiger partial charge on any atom is -0.472 e. The lowest BCUT2D eigenvalue weighted by molar-refractivity contribution is 0.568. The highest BCUT2D eigenvalue weighted by Gasteiger charge is 2.42. The van der Waals surface area contributed by atoms with Gasteiger partial charge in [0.15, 0.2) is 0 Å². The van der Waals surface area contributed by atoms with E-state index in [9.17, 15) is 0 Å². The molecule has 0 aliphatic heterocycles. The second-order valence-electron chi connectivity index (χ2n) is 3.81. The Labute approximate surface area is 81.1 Å². The summed E-state index contributed by atoms with van der Waals surface area (Å²) in [4.78, 5) is 7.51. The predicted octanol–water partition coefficient (Wildman–Crippen LogP) is 1.62. The second-order valence-corrected chi connectivity index (χ2v) is 3.81. The Hall–Kier alpha value is -1.55. The number of nitrogens with two attached hydrogens (primary N) is 1. The molecule has 0 saturated heterocycles. The van der Waals surface area contributed by atoms with Gasteiger partial charge in [-0.15, -0.1) is 0 Å². The topological polar surface area (TPSA) is 67.8 Å². The van der Waals surface area contributed by atoms with Gasteiger partial charge in [-0.25, -0.2) is 4.98 Å². The SMILES string of the molecule is NC1(c2ncc(-c3ccoc3)[nH]2)CC1. The lowest BCUT2D eigenvalue weighted by Crippen LogP contribution is -2.20. The van der Waals surface area contributed by atoms with E-state index in [2.05, 4.69) is 9.97 Å². The minimum atomic E-state index is -0.192. The first-order valence-corrected chi connectivity index (χ1v) is 4.65. The lowest BCUT2D eigenvalue weighted by atomic mass is 10.2. The van der Waals surface area contributed by atoms with Crippen LogP contribution in [-0.4, -0.2) is 9.97 Å². The molecule has 0 aromatic carbocycles. The monoisotopic (exact) mass is 189 g/mol. The fourth-order valence-corrected chi connectivity index (χ4v) is 1.51. The maximum absolute atomic E-state index is 6.02. The van der Waals surface area contributed by atoms with Crippen LogP contribution < -0.4 is 5.73 Å². The maximum Gasteiger partial charge on any atom is 0.126 e. The third kappa shape index (κ3) is 1.08. The molecule has 4 heteroatoms. The number of nitrogens with one attached hydrogen (secondary N) is 1. The van der Waals surface area contributed by atoms with Crippen molar-refractivity contribution in [3.05, 3.63) is 30.6 Å². The van der Waals surface area contributed by atoms with Crippen molar-refractivity contribution in [2.24, 2.45) is 5.73 Å². The number of aromatic amines is 1. The average molecular weight is 189 g/mol. The fourth-order valence-electron chi connectivity index (χ4n) is 1.51. The molecule has 0 spiro atoms. The first-order chi connectivity index (χ1) is 6.78. The average Bonchev–Trinajstić information content (AvgIpc) is 2.73.